The number of rotatable bonds is 8. The fraction of sp³-hybridized carbons (Fsp3) is 0.684. The number of ether oxygens (including phenoxy) is 1. The third-order valence-corrected chi connectivity index (χ3v) is 4.96. The lowest BCUT2D eigenvalue weighted by molar-refractivity contribution is 0.131. The van der Waals surface area contributed by atoms with Gasteiger partial charge in [0.1, 0.15) is 0 Å². The maximum atomic E-state index is 9.46. The molecule has 6 heteroatoms. The van der Waals surface area contributed by atoms with E-state index in [0.717, 1.165) is 31.0 Å². The van der Waals surface area contributed by atoms with Gasteiger partial charge >= 0.3 is 0 Å². The summed E-state index contributed by atoms with van der Waals surface area (Å²) < 4.78 is 5.16. The van der Waals surface area contributed by atoms with Crippen molar-refractivity contribution < 1.29 is 9.84 Å². The summed E-state index contributed by atoms with van der Waals surface area (Å²) in [4.78, 5) is 8.81. The van der Waals surface area contributed by atoms with E-state index in [-0.39, 0.29) is 12.0 Å². The SMILES string of the molecule is CCNC(=NCc1ccnc(OC)c1)NCC1(CCO)CCCCC1. The van der Waals surface area contributed by atoms with Gasteiger partial charge in [-0.15, -0.1) is 0 Å². The van der Waals surface area contributed by atoms with Gasteiger partial charge in [0.15, 0.2) is 5.96 Å². The van der Waals surface area contributed by atoms with Gasteiger partial charge in [0.2, 0.25) is 5.88 Å². The van der Waals surface area contributed by atoms with Crippen LogP contribution in [0.2, 0.25) is 0 Å². The van der Waals surface area contributed by atoms with Crippen LogP contribution in [-0.4, -0.2) is 42.9 Å². The van der Waals surface area contributed by atoms with Crippen LogP contribution in [0.15, 0.2) is 23.3 Å². The number of aliphatic hydroxyl groups is 1. The minimum Gasteiger partial charge on any atom is -0.481 e. The van der Waals surface area contributed by atoms with Crippen molar-refractivity contribution in [2.75, 3.05) is 26.8 Å². The summed E-state index contributed by atoms with van der Waals surface area (Å²) in [5.74, 6) is 1.43. The van der Waals surface area contributed by atoms with Crippen molar-refractivity contribution in [2.24, 2.45) is 10.4 Å². The van der Waals surface area contributed by atoms with Crippen LogP contribution in [0.1, 0.15) is 51.0 Å². The average molecular weight is 348 g/mol. The van der Waals surface area contributed by atoms with Crippen LogP contribution in [0, 0.1) is 5.41 Å². The van der Waals surface area contributed by atoms with E-state index in [1.54, 1.807) is 13.3 Å². The minimum absolute atomic E-state index is 0.197. The number of nitrogens with zero attached hydrogens (tertiary/aromatic N) is 2. The van der Waals surface area contributed by atoms with Gasteiger partial charge in [-0.25, -0.2) is 9.98 Å². The molecular weight excluding hydrogens is 316 g/mol. The summed E-state index contributed by atoms with van der Waals surface area (Å²) in [5, 5.41) is 16.3. The predicted octanol–water partition coefficient (Wildman–Crippen LogP) is 2.48. The van der Waals surface area contributed by atoms with E-state index in [1.165, 1.54) is 32.1 Å². The lowest BCUT2D eigenvalue weighted by Crippen LogP contribution is -2.44. The molecule has 1 saturated carbocycles. The van der Waals surface area contributed by atoms with Crippen LogP contribution in [0.5, 0.6) is 5.88 Å². The molecule has 1 fully saturated rings. The zero-order valence-corrected chi connectivity index (χ0v) is 15.6. The van der Waals surface area contributed by atoms with E-state index in [2.05, 4.69) is 27.5 Å². The van der Waals surface area contributed by atoms with Crippen molar-refractivity contribution in [3.05, 3.63) is 23.9 Å². The predicted molar refractivity (Wildman–Crippen MR) is 101 cm³/mol. The lowest BCUT2D eigenvalue weighted by atomic mass is 9.72. The Kier molecular flexibility index (Phi) is 7.98. The second-order valence-corrected chi connectivity index (χ2v) is 6.79. The Hall–Kier alpha value is -1.82. The van der Waals surface area contributed by atoms with Crippen molar-refractivity contribution >= 4 is 5.96 Å². The van der Waals surface area contributed by atoms with Crippen LogP contribution in [0.4, 0.5) is 0 Å². The molecular formula is C19H32N4O2. The number of aromatic nitrogens is 1. The molecule has 2 rings (SSSR count). The summed E-state index contributed by atoms with van der Waals surface area (Å²) in [7, 11) is 1.62. The van der Waals surface area contributed by atoms with E-state index in [1.807, 2.05) is 12.1 Å². The zero-order chi connectivity index (χ0) is 18.0. The van der Waals surface area contributed by atoms with Crippen molar-refractivity contribution in [3.8, 4) is 5.88 Å². The highest BCUT2D eigenvalue weighted by molar-refractivity contribution is 5.79. The van der Waals surface area contributed by atoms with Gasteiger partial charge in [0.05, 0.1) is 13.7 Å². The molecule has 1 aromatic heterocycles. The summed E-state index contributed by atoms with van der Waals surface area (Å²) in [6, 6.07) is 3.85. The third kappa shape index (κ3) is 6.20. The molecule has 6 nitrogen and oxygen atoms in total. The van der Waals surface area contributed by atoms with Gasteiger partial charge in [-0.3, -0.25) is 0 Å². The molecule has 1 heterocycles. The highest BCUT2D eigenvalue weighted by atomic mass is 16.5. The number of guanidine groups is 1. The molecule has 0 atom stereocenters. The quantitative estimate of drug-likeness (QED) is 0.497. The number of aliphatic imine (C=N–C) groups is 1. The largest absolute Gasteiger partial charge is 0.481 e. The van der Waals surface area contributed by atoms with Crippen LogP contribution in [-0.2, 0) is 6.54 Å². The fourth-order valence-corrected chi connectivity index (χ4v) is 3.50. The van der Waals surface area contributed by atoms with Gasteiger partial charge < -0.3 is 20.5 Å². The van der Waals surface area contributed by atoms with E-state index >= 15 is 0 Å². The molecule has 1 aliphatic carbocycles. The summed E-state index contributed by atoms with van der Waals surface area (Å²) in [6.45, 7) is 4.57. The van der Waals surface area contributed by atoms with Crippen molar-refractivity contribution in [1.29, 1.82) is 0 Å². The third-order valence-electron chi connectivity index (χ3n) is 4.96. The van der Waals surface area contributed by atoms with Gasteiger partial charge in [-0.1, -0.05) is 19.3 Å². The number of methoxy groups -OCH3 is 1. The molecule has 0 spiro atoms. The topological polar surface area (TPSA) is 78.8 Å². The van der Waals surface area contributed by atoms with E-state index in [0.29, 0.717) is 12.4 Å². The van der Waals surface area contributed by atoms with Gasteiger partial charge in [0.25, 0.3) is 0 Å². The minimum atomic E-state index is 0.197. The van der Waals surface area contributed by atoms with Crippen LogP contribution in [0.3, 0.4) is 0 Å². The standard InChI is InChI=1S/C19H32N4O2/c1-3-20-18(22-14-16-7-11-21-17(13-16)25-2)23-15-19(10-12-24)8-5-4-6-9-19/h7,11,13,24H,3-6,8-10,12,14-15H2,1-2H3,(H2,20,22,23). The Labute approximate surface area is 151 Å². The normalized spacial score (nSPS) is 17.2. The molecule has 1 aromatic rings. The van der Waals surface area contributed by atoms with Crippen LogP contribution >= 0.6 is 0 Å². The maximum Gasteiger partial charge on any atom is 0.213 e. The van der Waals surface area contributed by atoms with Gasteiger partial charge in [-0.2, -0.15) is 0 Å². The average Bonchev–Trinajstić information content (AvgIpc) is 2.65. The monoisotopic (exact) mass is 348 g/mol. The maximum absolute atomic E-state index is 9.46. The fourth-order valence-electron chi connectivity index (χ4n) is 3.50. The smallest absolute Gasteiger partial charge is 0.213 e. The first-order valence-corrected chi connectivity index (χ1v) is 9.33. The highest BCUT2D eigenvalue weighted by Crippen LogP contribution is 2.38. The molecule has 0 amide bonds. The number of hydrogen-bond acceptors (Lipinski definition) is 4. The first-order valence-electron chi connectivity index (χ1n) is 9.33. The molecule has 0 bridgehead atoms. The van der Waals surface area contributed by atoms with Gasteiger partial charge in [-0.05, 0) is 43.2 Å². The number of pyridine rings is 1. The Bertz CT molecular complexity index is 536. The molecule has 0 radical (unpaired) electrons. The van der Waals surface area contributed by atoms with E-state index in [9.17, 15) is 5.11 Å². The van der Waals surface area contributed by atoms with Gasteiger partial charge in [0, 0.05) is 32.0 Å². The molecule has 25 heavy (non-hydrogen) atoms. The van der Waals surface area contributed by atoms with E-state index < -0.39 is 0 Å². The number of hydrogen-bond donors (Lipinski definition) is 3. The zero-order valence-electron chi connectivity index (χ0n) is 15.6. The highest BCUT2D eigenvalue weighted by Gasteiger charge is 2.31. The second-order valence-electron chi connectivity index (χ2n) is 6.79. The lowest BCUT2D eigenvalue weighted by Gasteiger charge is -2.37. The van der Waals surface area contributed by atoms with Crippen LogP contribution < -0.4 is 15.4 Å². The molecule has 140 valence electrons. The van der Waals surface area contributed by atoms with Crippen LogP contribution in [0.25, 0.3) is 0 Å². The molecule has 0 aliphatic heterocycles. The molecule has 1 aliphatic rings. The first-order chi connectivity index (χ1) is 12.2. The van der Waals surface area contributed by atoms with Crippen molar-refractivity contribution in [1.82, 2.24) is 15.6 Å². The van der Waals surface area contributed by atoms with Crippen molar-refractivity contribution in [3.63, 3.8) is 0 Å². The number of aliphatic hydroxyl groups excluding tert-OH is 1. The number of nitrogens with one attached hydrogen (secondary N) is 2. The summed E-state index contributed by atoms with van der Waals surface area (Å²) >= 11 is 0. The molecule has 0 saturated heterocycles. The molecule has 0 unspecified atom stereocenters. The Morgan fingerprint density at radius 1 is 1.32 bits per heavy atom. The van der Waals surface area contributed by atoms with Crippen molar-refractivity contribution in [2.45, 2.75) is 52.0 Å². The Morgan fingerprint density at radius 2 is 2.12 bits per heavy atom. The second kappa shape index (κ2) is 10.2. The molecule has 3 N–H and O–H groups in total. The summed E-state index contributed by atoms with van der Waals surface area (Å²) in [6.07, 6.45) is 8.79. The molecule has 0 aromatic carbocycles. The summed E-state index contributed by atoms with van der Waals surface area (Å²) in [5.41, 5.74) is 1.26. The first kappa shape index (κ1) is 19.5. The Morgan fingerprint density at radius 3 is 2.80 bits per heavy atom. The Balaban J connectivity index is 1.98. The van der Waals surface area contributed by atoms with E-state index in [4.69, 9.17) is 4.74 Å².